The lowest BCUT2D eigenvalue weighted by atomic mass is 10.1. The molecule has 2 aromatic carbocycles. The Bertz CT molecular complexity index is 609. The molecular formula is C14H11Cl2FN2. The molecule has 2 rings (SSSR count). The van der Waals surface area contributed by atoms with Gasteiger partial charge in [-0.3, -0.25) is 5.43 Å². The van der Waals surface area contributed by atoms with Crippen LogP contribution in [0.5, 0.6) is 0 Å². The Morgan fingerprint density at radius 2 is 1.74 bits per heavy atom. The summed E-state index contributed by atoms with van der Waals surface area (Å²) in [6.07, 6.45) is 0. The average molecular weight is 297 g/mol. The van der Waals surface area contributed by atoms with Crippen molar-refractivity contribution in [3.63, 3.8) is 0 Å². The summed E-state index contributed by atoms with van der Waals surface area (Å²) in [5.41, 5.74) is 5.19. The zero-order valence-corrected chi connectivity index (χ0v) is 11.6. The number of hydrogen-bond acceptors (Lipinski definition) is 2. The lowest BCUT2D eigenvalue weighted by Crippen LogP contribution is -1.99. The minimum atomic E-state index is -0.269. The van der Waals surface area contributed by atoms with Crippen LogP contribution in [0.3, 0.4) is 0 Å². The van der Waals surface area contributed by atoms with Gasteiger partial charge in [-0.05, 0) is 42.8 Å². The standard InChI is InChI=1S/C14H11Cl2FN2/c1-9(10-2-4-11(17)5-3-10)18-19-12-6-7-13(15)14(16)8-12/h2-8,19H,1H3/b18-9-. The minimum absolute atomic E-state index is 0.269. The molecule has 0 fully saturated rings. The number of nitrogens with one attached hydrogen (secondary N) is 1. The molecule has 2 nitrogen and oxygen atoms in total. The topological polar surface area (TPSA) is 24.4 Å². The number of anilines is 1. The number of halogens is 3. The first-order chi connectivity index (χ1) is 9.06. The number of benzene rings is 2. The maximum Gasteiger partial charge on any atom is 0.123 e. The highest BCUT2D eigenvalue weighted by Gasteiger charge is 2.00. The molecule has 0 radical (unpaired) electrons. The summed E-state index contributed by atoms with van der Waals surface area (Å²) in [6, 6.07) is 11.3. The quantitative estimate of drug-likeness (QED) is 0.628. The molecule has 5 heteroatoms. The van der Waals surface area contributed by atoms with Crippen molar-refractivity contribution in [3.05, 3.63) is 63.9 Å². The molecule has 0 saturated carbocycles. The van der Waals surface area contributed by atoms with Gasteiger partial charge < -0.3 is 0 Å². The monoisotopic (exact) mass is 296 g/mol. The van der Waals surface area contributed by atoms with Crippen LogP contribution in [-0.2, 0) is 0 Å². The zero-order valence-electron chi connectivity index (χ0n) is 10.1. The highest BCUT2D eigenvalue weighted by Crippen LogP contribution is 2.25. The van der Waals surface area contributed by atoms with Crippen molar-refractivity contribution in [3.8, 4) is 0 Å². The average Bonchev–Trinajstić information content (AvgIpc) is 2.40. The lowest BCUT2D eigenvalue weighted by Gasteiger charge is -2.05. The Morgan fingerprint density at radius 1 is 1.05 bits per heavy atom. The number of nitrogens with zero attached hydrogens (tertiary/aromatic N) is 1. The van der Waals surface area contributed by atoms with Gasteiger partial charge in [0.25, 0.3) is 0 Å². The van der Waals surface area contributed by atoms with E-state index in [4.69, 9.17) is 23.2 Å². The maximum absolute atomic E-state index is 12.8. The third-order valence-electron chi connectivity index (χ3n) is 2.53. The van der Waals surface area contributed by atoms with E-state index < -0.39 is 0 Å². The van der Waals surface area contributed by atoms with Gasteiger partial charge in [0.2, 0.25) is 0 Å². The van der Waals surface area contributed by atoms with Crippen LogP contribution < -0.4 is 5.43 Å². The van der Waals surface area contributed by atoms with Gasteiger partial charge in [-0.25, -0.2) is 4.39 Å². The zero-order chi connectivity index (χ0) is 13.8. The molecule has 0 unspecified atom stereocenters. The molecule has 0 saturated heterocycles. The molecule has 0 heterocycles. The van der Waals surface area contributed by atoms with E-state index in [0.29, 0.717) is 10.0 Å². The number of hydrogen-bond donors (Lipinski definition) is 1. The van der Waals surface area contributed by atoms with Gasteiger partial charge in [0.1, 0.15) is 5.82 Å². The molecule has 0 atom stereocenters. The van der Waals surface area contributed by atoms with Gasteiger partial charge in [-0.1, -0.05) is 35.3 Å². The van der Waals surface area contributed by atoms with E-state index in [-0.39, 0.29) is 5.82 Å². The predicted molar refractivity (Wildman–Crippen MR) is 78.7 cm³/mol. The van der Waals surface area contributed by atoms with Crippen LogP contribution in [0.1, 0.15) is 12.5 Å². The Balaban J connectivity index is 2.13. The molecule has 0 aliphatic carbocycles. The highest BCUT2D eigenvalue weighted by atomic mass is 35.5. The molecule has 0 spiro atoms. The van der Waals surface area contributed by atoms with Crippen molar-refractivity contribution in [2.24, 2.45) is 5.10 Å². The molecule has 0 aliphatic rings. The van der Waals surface area contributed by atoms with E-state index in [1.54, 1.807) is 30.3 Å². The first-order valence-electron chi connectivity index (χ1n) is 5.57. The van der Waals surface area contributed by atoms with Crippen LogP contribution in [-0.4, -0.2) is 5.71 Å². The normalized spacial score (nSPS) is 11.5. The second-order valence-corrected chi connectivity index (χ2v) is 4.76. The van der Waals surface area contributed by atoms with Crippen LogP contribution >= 0.6 is 23.2 Å². The van der Waals surface area contributed by atoms with E-state index in [0.717, 1.165) is 17.0 Å². The van der Waals surface area contributed by atoms with Crippen molar-refractivity contribution in [1.29, 1.82) is 0 Å². The molecule has 98 valence electrons. The Hall–Kier alpha value is -1.58. The largest absolute Gasteiger partial charge is 0.278 e. The molecule has 0 amide bonds. The van der Waals surface area contributed by atoms with E-state index in [9.17, 15) is 4.39 Å². The third kappa shape index (κ3) is 3.69. The van der Waals surface area contributed by atoms with Crippen LogP contribution in [0.15, 0.2) is 47.6 Å². The summed E-state index contributed by atoms with van der Waals surface area (Å²) in [4.78, 5) is 0. The Labute approximate surface area is 120 Å². The molecule has 2 aromatic rings. The summed E-state index contributed by atoms with van der Waals surface area (Å²) in [5.74, 6) is -0.269. The van der Waals surface area contributed by atoms with E-state index in [2.05, 4.69) is 10.5 Å². The van der Waals surface area contributed by atoms with Gasteiger partial charge in [0.05, 0.1) is 21.4 Å². The smallest absolute Gasteiger partial charge is 0.123 e. The third-order valence-corrected chi connectivity index (χ3v) is 3.27. The number of rotatable bonds is 3. The first kappa shape index (κ1) is 13.8. The fourth-order valence-electron chi connectivity index (χ4n) is 1.47. The van der Waals surface area contributed by atoms with Crippen LogP contribution in [0.25, 0.3) is 0 Å². The summed E-state index contributed by atoms with van der Waals surface area (Å²) in [7, 11) is 0. The Kier molecular flexibility index (Phi) is 4.40. The fraction of sp³-hybridized carbons (Fsp3) is 0.0714. The second kappa shape index (κ2) is 6.04. The van der Waals surface area contributed by atoms with Gasteiger partial charge >= 0.3 is 0 Å². The van der Waals surface area contributed by atoms with Crippen LogP contribution in [0.2, 0.25) is 10.0 Å². The van der Waals surface area contributed by atoms with Gasteiger partial charge in [0, 0.05) is 0 Å². The lowest BCUT2D eigenvalue weighted by molar-refractivity contribution is 0.628. The molecule has 0 bridgehead atoms. The van der Waals surface area contributed by atoms with Gasteiger partial charge in [0.15, 0.2) is 0 Å². The van der Waals surface area contributed by atoms with Gasteiger partial charge in [-0.2, -0.15) is 5.10 Å². The van der Waals surface area contributed by atoms with Crippen molar-refractivity contribution in [2.75, 3.05) is 5.43 Å². The van der Waals surface area contributed by atoms with Crippen molar-refractivity contribution < 1.29 is 4.39 Å². The van der Waals surface area contributed by atoms with Crippen LogP contribution in [0, 0.1) is 5.82 Å². The first-order valence-corrected chi connectivity index (χ1v) is 6.33. The van der Waals surface area contributed by atoms with Crippen molar-refractivity contribution in [1.82, 2.24) is 0 Å². The molecule has 1 N–H and O–H groups in total. The van der Waals surface area contributed by atoms with Crippen LogP contribution in [0.4, 0.5) is 10.1 Å². The maximum atomic E-state index is 12.8. The molecule has 0 aliphatic heterocycles. The second-order valence-electron chi connectivity index (χ2n) is 3.94. The summed E-state index contributed by atoms with van der Waals surface area (Å²) >= 11 is 11.7. The van der Waals surface area contributed by atoms with Crippen molar-refractivity contribution in [2.45, 2.75) is 6.92 Å². The summed E-state index contributed by atoms with van der Waals surface area (Å²) in [6.45, 7) is 1.83. The van der Waals surface area contributed by atoms with Gasteiger partial charge in [-0.15, -0.1) is 0 Å². The van der Waals surface area contributed by atoms with Crippen molar-refractivity contribution >= 4 is 34.6 Å². The SMILES string of the molecule is C/C(=N/Nc1ccc(Cl)c(Cl)c1)c1ccc(F)cc1. The van der Waals surface area contributed by atoms with E-state index in [1.807, 2.05) is 6.92 Å². The summed E-state index contributed by atoms with van der Waals surface area (Å²) in [5, 5.41) is 5.16. The fourth-order valence-corrected chi connectivity index (χ4v) is 1.77. The minimum Gasteiger partial charge on any atom is -0.278 e. The Morgan fingerprint density at radius 3 is 2.37 bits per heavy atom. The molecule has 0 aromatic heterocycles. The highest BCUT2D eigenvalue weighted by molar-refractivity contribution is 6.42. The molecule has 19 heavy (non-hydrogen) atoms. The van der Waals surface area contributed by atoms with E-state index >= 15 is 0 Å². The molecular weight excluding hydrogens is 286 g/mol. The number of hydrazone groups is 1. The predicted octanol–water partition coefficient (Wildman–Crippen LogP) is 4.97. The van der Waals surface area contributed by atoms with E-state index in [1.165, 1.54) is 12.1 Å². The summed E-state index contributed by atoms with van der Waals surface area (Å²) < 4.78 is 12.8.